The number of sulfonamides is 1. The van der Waals surface area contributed by atoms with Gasteiger partial charge < -0.3 is 5.11 Å². The van der Waals surface area contributed by atoms with E-state index in [1.165, 1.54) is 24.3 Å². The van der Waals surface area contributed by atoms with E-state index in [-0.39, 0.29) is 22.1 Å². The summed E-state index contributed by atoms with van der Waals surface area (Å²) in [5.74, 6) is 0.0257. The molecule has 0 aromatic heterocycles. The molecule has 0 bridgehead atoms. The third kappa shape index (κ3) is 3.52. The van der Waals surface area contributed by atoms with Crippen LogP contribution >= 0.6 is 11.8 Å². The molecule has 1 aromatic rings. The molecule has 0 spiro atoms. The van der Waals surface area contributed by atoms with Crippen LogP contribution in [0.3, 0.4) is 0 Å². The molecule has 1 atom stereocenters. The van der Waals surface area contributed by atoms with Gasteiger partial charge in [-0.15, -0.1) is 0 Å². The monoisotopic (exact) mass is 321 g/mol. The zero-order valence-electron chi connectivity index (χ0n) is 12.1. The van der Waals surface area contributed by atoms with Crippen molar-refractivity contribution >= 4 is 21.8 Å². The zero-order valence-corrected chi connectivity index (χ0v) is 13.7. The largest absolute Gasteiger partial charge is 0.392 e. The highest BCUT2D eigenvalue weighted by Crippen LogP contribution is 2.25. The van der Waals surface area contributed by atoms with Gasteiger partial charge in [0.25, 0.3) is 0 Å². The van der Waals surface area contributed by atoms with Gasteiger partial charge in [-0.2, -0.15) is 16.1 Å². The van der Waals surface area contributed by atoms with Gasteiger partial charge in [0, 0.05) is 24.4 Å². The van der Waals surface area contributed by atoms with Crippen LogP contribution in [0.15, 0.2) is 17.0 Å². The second-order valence-corrected chi connectivity index (χ2v) is 7.56. The molecule has 0 aliphatic rings. The fraction of sp³-hybridized carbons (Fsp3) is 0.538. The second kappa shape index (κ2) is 6.89. The first-order valence-electron chi connectivity index (χ1n) is 6.12. The van der Waals surface area contributed by atoms with Crippen molar-refractivity contribution in [3.8, 4) is 0 Å². The summed E-state index contributed by atoms with van der Waals surface area (Å²) in [6.07, 6.45) is 1.90. The summed E-state index contributed by atoms with van der Waals surface area (Å²) in [6.45, 7) is 2.83. The first kappa shape index (κ1) is 17.4. The highest BCUT2D eigenvalue weighted by molar-refractivity contribution is 7.98. The van der Waals surface area contributed by atoms with Crippen molar-refractivity contribution < 1.29 is 17.9 Å². The summed E-state index contributed by atoms with van der Waals surface area (Å²) in [5.41, 5.74) is 0.322. The Labute approximate surface area is 124 Å². The molecule has 0 saturated carbocycles. The SMILES string of the molecule is CSCC(C)N(C)S(=O)(=O)c1cc(CO)cc(F)c1C. The molecule has 1 rings (SSSR count). The molecule has 114 valence electrons. The predicted octanol–water partition coefficient (Wildman–Crippen LogP) is 2.00. The normalized spacial score (nSPS) is 13.8. The number of hydrogen-bond donors (Lipinski definition) is 1. The van der Waals surface area contributed by atoms with Gasteiger partial charge in [-0.05, 0) is 37.8 Å². The minimum absolute atomic E-state index is 0.0744. The van der Waals surface area contributed by atoms with Crippen LogP contribution in [0.4, 0.5) is 4.39 Å². The van der Waals surface area contributed by atoms with Crippen LogP contribution in [0.25, 0.3) is 0 Å². The summed E-state index contributed by atoms with van der Waals surface area (Å²) < 4.78 is 40.1. The van der Waals surface area contributed by atoms with Crippen LogP contribution in [-0.4, -0.2) is 42.9 Å². The van der Waals surface area contributed by atoms with Crippen molar-refractivity contribution in [3.05, 3.63) is 29.1 Å². The molecule has 1 unspecified atom stereocenters. The maximum atomic E-state index is 13.8. The lowest BCUT2D eigenvalue weighted by atomic mass is 10.1. The van der Waals surface area contributed by atoms with Crippen molar-refractivity contribution in [1.29, 1.82) is 0 Å². The van der Waals surface area contributed by atoms with Crippen LogP contribution in [0.1, 0.15) is 18.1 Å². The van der Waals surface area contributed by atoms with Gasteiger partial charge in [-0.3, -0.25) is 0 Å². The quantitative estimate of drug-likeness (QED) is 0.871. The molecule has 1 N–H and O–H groups in total. The maximum absolute atomic E-state index is 13.8. The van der Waals surface area contributed by atoms with E-state index in [2.05, 4.69) is 0 Å². The topological polar surface area (TPSA) is 57.6 Å². The van der Waals surface area contributed by atoms with Gasteiger partial charge >= 0.3 is 0 Å². The molecule has 0 amide bonds. The van der Waals surface area contributed by atoms with Gasteiger partial charge in [-0.25, -0.2) is 12.8 Å². The van der Waals surface area contributed by atoms with Crippen LogP contribution < -0.4 is 0 Å². The molecule has 0 fully saturated rings. The number of nitrogens with zero attached hydrogens (tertiary/aromatic N) is 1. The Morgan fingerprint density at radius 1 is 1.45 bits per heavy atom. The summed E-state index contributed by atoms with van der Waals surface area (Å²) in [4.78, 5) is -0.0861. The highest BCUT2D eigenvalue weighted by Gasteiger charge is 2.28. The van der Waals surface area contributed by atoms with Crippen molar-refractivity contribution in [2.45, 2.75) is 31.4 Å². The Morgan fingerprint density at radius 2 is 2.05 bits per heavy atom. The molecule has 0 aliphatic carbocycles. The van der Waals surface area contributed by atoms with Crippen LogP contribution in [0.2, 0.25) is 0 Å². The molecule has 4 nitrogen and oxygen atoms in total. The second-order valence-electron chi connectivity index (χ2n) is 4.68. The van der Waals surface area contributed by atoms with Crippen molar-refractivity contribution in [3.63, 3.8) is 0 Å². The van der Waals surface area contributed by atoms with Gasteiger partial charge in [0.15, 0.2) is 0 Å². The van der Waals surface area contributed by atoms with E-state index >= 15 is 0 Å². The average molecular weight is 321 g/mol. The highest BCUT2D eigenvalue weighted by atomic mass is 32.2. The summed E-state index contributed by atoms with van der Waals surface area (Å²) in [7, 11) is -2.29. The molecule has 7 heteroatoms. The Balaban J connectivity index is 3.31. The predicted molar refractivity (Wildman–Crippen MR) is 79.9 cm³/mol. The van der Waals surface area contributed by atoms with Gasteiger partial charge in [-0.1, -0.05) is 0 Å². The molecule has 0 saturated heterocycles. The van der Waals surface area contributed by atoms with Gasteiger partial charge in [0.05, 0.1) is 11.5 Å². The first-order chi connectivity index (χ1) is 9.25. The van der Waals surface area contributed by atoms with Crippen LogP contribution in [0, 0.1) is 12.7 Å². The number of aliphatic hydroxyl groups is 1. The van der Waals surface area contributed by atoms with Crippen molar-refractivity contribution in [1.82, 2.24) is 4.31 Å². The van der Waals surface area contributed by atoms with E-state index < -0.39 is 22.4 Å². The minimum Gasteiger partial charge on any atom is -0.392 e. The Morgan fingerprint density at radius 3 is 2.55 bits per heavy atom. The van der Waals surface area contributed by atoms with E-state index in [1.54, 1.807) is 18.7 Å². The fourth-order valence-electron chi connectivity index (χ4n) is 1.80. The number of benzene rings is 1. The number of thioether (sulfide) groups is 1. The molecular weight excluding hydrogens is 301 g/mol. The number of halogens is 1. The van der Waals surface area contributed by atoms with Crippen molar-refractivity contribution in [2.75, 3.05) is 19.1 Å². The summed E-state index contributed by atoms with van der Waals surface area (Å²) >= 11 is 1.54. The Kier molecular flexibility index (Phi) is 6.00. The lowest BCUT2D eigenvalue weighted by Gasteiger charge is -2.24. The molecular formula is C13H20FNO3S2. The van der Waals surface area contributed by atoms with E-state index in [4.69, 9.17) is 5.11 Å². The van der Waals surface area contributed by atoms with Crippen molar-refractivity contribution in [2.24, 2.45) is 0 Å². The molecule has 1 aromatic carbocycles. The van der Waals surface area contributed by atoms with E-state index in [0.29, 0.717) is 5.75 Å². The molecule has 0 aliphatic heterocycles. The first-order valence-corrected chi connectivity index (χ1v) is 8.96. The Hall–Kier alpha value is -0.630. The van der Waals surface area contributed by atoms with Gasteiger partial charge in [0.1, 0.15) is 5.82 Å². The lowest BCUT2D eigenvalue weighted by molar-refractivity contribution is 0.280. The third-order valence-corrected chi connectivity index (χ3v) is 6.14. The Bertz CT molecular complexity index is 575. The molecule has 0 radical (unpaired) electrons. The van der Waals surface area contributed by atoms with Crippen LogP contribution in [-0.2, 0) is 16.6 Å². The zero-order chi connectivity index (χ0) is 15.5. The van der Waals surface area contributed by atoms with E-state index in [0.717, 1.165) is 6.07 Å². The average Bonchev–Trinajstić information content (AvgIpc) is 2.40. The van der Waals surface area contributed by atoms with E-state index in [9.17, 15) is 12.8 Å². The summed E-state index contributed by atoms with van der Waals surface area (Å²) in [6, 6.07) is 2.28. The maximum Gasteiger partial charge on any atom is 0.243 e. The van der Waals surface area contributed by atoms with Crippen LogP contribution in [0.5, 0.6) is 0 Å². The van der Waals surface area contributed by atoms with Gasteiger partial charge in [0.2, 0.25) is 10.0 Å². The molecule has 0 heterocycles. The summed E-state index contributed by atoms with van der Waals surface area (Å²) in [5, 5.41) is 9.10. The number of aliphatic hydroxyl groups excluding tert-OH is 1. The lowest BCUT2D eigenvalue weighted by Crippen LogP contribution is -2.37. The smallest absolute Gasteiger partial charge is 0.243 e. The molecule has 20 heavy (non-hydrogen) atoms. The fourth-order valence-corrected chi connectivity index (χ4v) is 4.25. The number of hydrogen-bond acceptors (Lipinski definition) is 4. The minimum atomic E-state index is -3.78. The number of rotatable bonds is 6. The standard InChI is InChI=1S/C13H20FNO3S2/c1-9(8-19-4)15(3)20(17,18)13-6-11(7-16)5-12(14)10(13)2/h5-6,9,16H,7-8H2,1-4H3. The third-order valence-electron chi connectivity index (χ3n) is 3.22. The van der Waals surface area contributed by atoms with E-state index in [1.807, 2.05) is 6.26 Å².